The Balaban J connectivity index is 1.49. The number of thioether (sulfide) groups is 1. The minimum atomic E-state index is -0.0908. The summed E-state index contributed by atoms with van der Waals surface area (Å²) in [5, 5.41) is 0.614. The van der Waals surface area contributed by atoms with Crippen LogP contribution in [0.4, 0.5) is 11.4 Å². The van der Waals surface area contributed by atoms with Crippen LogP contribution >= 0.6 is 11.8 Å². The monoisotopic (exact) mass is 499 g/mol. The highest BCUT2D eigenvalue weighted by molar-refractivity contribution is 8.18. The molecule has 3 aromatic rings. The van der Waals surface area contributed by atoms with Crippen molar-refractivity contribution in [3.63, 3.8) is 0 Å². The molecule has 2 aliphatic rings. The minimum Gasteiger partial charge on any atom is -0.497 e. The third-order valence-corrected chi connectivity index (χ3v) is 7.62. The quantitative estimate of drug-likeness (QED) is 0.365. The number of methoxy groups -OCH3 is 1. The molecule has 0 spiro atoms. The number of nitrogens with zero attached hydrogens (tertiary/aromatic N) is 3. The predicted molar refractivity (Wildman–Crippen MR) is 147 cm³/mol. The summed E-state index contributed by atoms with van der Waals surface area (Å²) < 4.78 is 10.8. The topological polar surface area (TPSA) is 58.3 Å². The molecule has 1 amide bonds. The summed E-state index contributed by atoms with van der Waals surface area (Å²) in [6.45, 7) is 6.88. The Morgan fingerprint density at radius 2 is 1.92 bits per heavy atom. The molecule has 0 bridgehead atoms. The van der Waals surface area contributed by atoms with Crippen molar-refractivity contribution in [1.29, 1.82) is 0 Å². The molecule has 6 nitrogen and oxygen atoms in total. The van der Waals surface area contributed by atoms with Crippen molar-refractivity contribution in [1.82, 2.24) is 4.90 Å². The highest BCUT2D eigenvalue weighted by Crippen LogP contribution is 2.40. The van der Waals surface area contributed by atoms with Gasteiger partial charge in [0, 0.05) is 18.3 Å². The first-order chi connectivity index (χ1) is 17.2. The number of fused-ring (bicyclic) bond motifs is 1. The lowest BCUT2D eigenvalue weighted by Crippen LogP contribution is -2.42. The lowest BCUT2D eigenvalue weighted by molar-refractivity contribution is -0.122. The molecule has 2 aromatic carbocycles. The Kier molecular flexibility index (Phi) is 6.26. The largest absolute Gasteiger partial charge is 0.497 e. The third-order valence-electron chi connectivity index (χ3n) is 6.62. The van der Waals surface area contributed by atoms with E-state index in [-0.39, 0.29) is 11.4 Å². The van der Waals surface area contributed by atoms with E-state index >= 15 is 0 Å². The molecule has 0 N–H and O–H groups in total. The Morgan fingerprint density at radius 3 is 2.61 bits per heavy atom. The van der Waals surface area contributed by atoms with Crippen LogP contribution < -0.4 is 9.64 Å². The van der Waals surface area contributed by atoms with Gasteiger partial charge in [-0.1, -0.05) is 12.1 Å². The number of anilines is 1. The van der Waals surface area contributed by atoms with Gasteiger partial charge in [0.2, 0.25) is 0 Å². The van der Waals surface area contributed by atoms with Crippen LogP contribution in [-0.4, -0.2) is 35.7 Å². The maximum absolute atomic E-state index is 13.5. The van der Waals surface area contributed by atoms with Crippen LogP contribution in [0.2, 0.25) is 0 Å². The van der Waals surface area contributed by atoms with Crippen molar-refractivity contribution >= 4 is 45.9 Å². The van der Waals surface area contributed by atoms with Crippen LogP contribution in [0.3, 0.4) is 0 Å². The second kappa shape index (κ2) is 9.39. The fraction of sp³-hybridized carbons (Fsp3) is 0.241. The normalized spacial score (nSPS) is 19.1. The van der Waals surface area contributed by atoms with Gasteiger partial charge in [-0.2, -0.15) is 0 Å². The van der Waals surface area contributed by atoms with E-state index in [2.05, 4.69) is 57.0 Å². The second-order valence-corrected chi connectivity index (χ2v) is 10.5. The number of carbonyl (C=O) groups is 1. The zero-order chi connectivity index (χ0) is 25.4. The van der Waals surface area contributed by atoms with Crippen LogP contribution in [-0.2, 0) is 11.3 Å². The molecule has 1 saturated heterocycles. The first kappa shape index (κ1) is 24.0. The maximum atomic E-state index is 13.5. The number of rotatable bonds is 5. The Labute approximate surface area is 216 Å². The van der Waals surface area contributed by atoms with Gasteiger partial charge in [-0.25, -0.2) is 4.99 Å². The van der Waals surface area contributed by atoms with E-state index in [0.717, 1.165) is 17.0 Å². The van der Waals surface area contributed by atoms with E-state index in [1.807, 2.05) is 42.5 Å². The van der Waals surface area contributed by atoms with Gasteiger partial charge in [0.05, 0.1) is 36.0 Å². The second-order valence-electron chi connectivity index (χ2n) is 9.49. The summed E-state index contributed by atoms with van der Waals surface area (Å²) in [6.07, 6.45) is 5.85. The molecule has 7 heteroatoms. The van der Waals surface area contributed by atoms with E-state index < -0.39 is 0 Å². The number of aliphatic imine (C=N–C) groups is 1. The molecule has 0 saturated carbocycles. The summed E-state index contributed by atoms with van der Waals surface area (Å²) >= 11 is 1.38. The first-order valence-corrected chi connectivity index (χ1v) is 12.6. The molecule has 2 aliphatic heterocycles. The van der Waals surface area contributed by atoms with Gasteiger partial charge in [0.15, 0.2) is 5.17 Å². The number of furan rings is 1. The van der Waals surface area contributed by atoms with Gasteiger partial charge in [0.1, 0.15) is 11.5 Å². The lowest BCUT2D eigenvalue weighted by atomic mass is 9.88. The number of carbonyl (C=O) groups excluding carboxylic acids is 1. The number of likely N-dealkylation sites (N-methyl/N-ethyl adjacent to an activating group) is 1. The number of ether oxygens (including phenoxy) is 1. The van der Waals surface area contributed by atoms with Crippen molar-refractivity contribution in [2.75, 3.05) is 19.1 Å². The number of amidine groups is 1. The van der Waals surface area contributed by atoms with Gasteiger partial charge >= 0.3 is 0 Å². The third kappa shape index (κ3) is 4.58. The van der Waals surface area contributed by atoms with Crippen LogP contribution in [0.15, 0.2) is 81.3 Å². The smallest absolute Gasteiger partial charge is 0.267 e. The van der Waals surface area contributed by atoms with Crippen molar-refractivity contribution in [3.05, 3.63) is 88.7 Å². The minimum absolute atomic E-state index is 0.0481. The Hall–Kier alpha value is -3.71. The number of amides is 1. The van der Waals surface area contributed by atoms with Gasteiger partial charge < -0.3 is 14.1 Å². The van der Waals surface area contributed by atoms with E-state index in [4.69, 9.17) is 14.1 Å². The molecule has 0 aliphatic carbocycles. The predicted octanol–water partition coefficient (Wildman–Crippen LogP) is 6.72. The molecular weight excluding hydrogens is 470 g/mol. The average molecular weight is 500 g/mol. The molecule has 5 rings (SSSR count). The highest BCUT2D eigenvalue weighted by Gasteiger charge is 2.34. The summed E-state index contributed by atoms with van der Waals surface area (Å²) in [4.78, 5) is 22.9. The fourth-order valence-electron chi connectivity index (χ4n) is 4.47. The average Bonchev–Trinajstić information content (AvgIpc) is 3.47. The zero-order valence-corrected chi connectivity index (χ0v) is 21.9. The number of hydrogen-bond donors (Lipinski definition) is 0. The number of benzene rings is 2. The van der Waals surface area contributed by atoms with Crippen molar-refractivity contribution < 1.29 is 13.9 Å². The summed E-state index contributed by atoms with van der Waals surface area (Å²) in [6, 6.07) is 17.5. The van der Waals surface area contributed by atoms with Crippen molar-refractivity contribution in [2.24, 2.45) is 4.99 Å². The zero-order valence-electron chi connectivity index (χ0n) is 21.1. The highest BCUT2D eigenvalue weighted by atomic mass is 32.2. The summed E-state index contributed by atoms with van der Waals surface area (Å²) in [7, 11) is 3.75. The molecule has 3 heterocycles. The molecule has 184 valence electrons. The maximum Gasteiger partial charge on any atom is 0.267 e. The number of hydrogen-bond acceptors (Lipinski definition) is 6. The van der Waals surface area contributed by atoms with Crippen LogP contribution in [0.25, 0.3) is 11.6 Å². The first-order valence-electron chi connectivity index (χ1n) is 11.8. The van der Waals surface area contributed by atoms with E-state index in [1.165, 1.54) is 28.6 Å². The molecule has 0 unspecified atom stereocenters. The molecule has 0 atom stereocenters. The molecular formula is C29H29N3O3S. The van der Waals surface area contributed by atoms with Crippen molar-refractivity contribution in [2.45, 2.75) is 32.9 Å². The Bertz CT molecular complexity index is 1390. The lowest BCUT2D eigenvalue weighted by Gasteiger charge is -2.40. The van der Waals surface area contributed by atoms with Gasteiger partial charge in [-0.3, -0.25) is 9.69 Å². The van der Waals surface area contributed by atoms with E-state index in [0.29, 0.717) is 22.4 Å². The van der Waals surface area contributed by atoms with Crippen LogP contribution in [0.5, 0.6) is 5.75 Å². The summed E-state index contributed by atoms with van der Waals surface area (Å²) in [5.41, 5.74) is 5.29. The molecule has 36 heavy (non-hydrogen) atoms. The number of allylic oxidation sites excluding steroid dienone is 1. The molecule has 1 aromatic heterocycles. The van der Waals surface area contributed by atoms with Crippen molar-refractivity contribution in [3.8, 4) is 5.75 Å². The SMILES string of the molecule is COc1ccc(N=C2S/C(=C/c3ccc4c(c3)C(C)=CC(C)(C)N4C)C(=O)N2Cc2ccco2)cc1. The van der Waals surface area contributed by atoms with Gasteiger partial charge in [-0.05, 0) is 98.3 Å². The summed E-state index contributed by atoms with van der Waals surface area (Å²) in [5.74, 6) is 1.37. The van der Waals surface area contributed by atoms with E-state index in [1.54, 1.807) is 18.3 Å². The van der Waals surface area contributed by atoms with Gasteiger partial charge in [0.25, 0.3) is 5.91 Å². The standard InChI is InChI=1S/C29H29N3O3S/c1-19-17-29(2,3)31(4)25-13-8-20(15-24(19)25)16-26-27(33)32(18-23-7-6-14-35-23)28(36-26)30-21-9-11-22(34-5)12-10-21/h6-17H,18H2,1-5H3/b26-16+,30-28?. The molecule has 0 radical (unpaired) electrons. The molecule has 1 fully saturated rings. The van der Waals surface area contributed by atoms with Gasteiger partial charge in [-0.15, -0.1) is 0 Å². The van der Waals surface area contributed by atoms with Crippen LogP contribution in [0, 0.1) is 0 Å². The van der Waals surface area contributed by atoms with E-state index in [9.17, 15) is 4.79 Å². The fourth-order valence-corrected chi connectivity index (χ4v) is 5.47. The Morgan fingerprint density at radius 1 is 1.14 bits per heavy atom. The van der Waals surface area contributed by atoms with Crippen LogP contribution in [0.1, 0.15) is 37.7 Å².